The van der Waals surface area contributed by atoms with E-state index in [9.17, 15) is 0 Å². The molecule has 1 aliphatic heterocycles. The fourth-order valence-electron chi connectivity index (χ4n) is 3.30. The third-order valence-electron chi connectivity index (χ3n) is 4.28. The Morgan fingerprint density at radius 2 is 2.13 bits per heavy atom. The van der Waals surface area contributed by atoms with Gasteiger partial charge in [-0.25, -0.2) is 0 Å². The number of nitrogens with one attached hydrogen (secondary N) is 1. The van der Waals surface area contributed by atoms with E-state index in [2.05, 4.69) is 11.4 Å². The molecule has 0 spiro atoms. The Morgan fingerprint density at radius 1 is 1.33 bits per heavy atom. The smallest absolute Gasteiger partial charge is 0.104 e. The number of rotatable bonds is 3. The van der Waals surface area contributed by atoms with E-state index < -0.39 is 0 Å². The lowest BCUT2D eigenvalue weighted by Crippen LogP contribution is -2.58. The summed E-state index contributed by atoms with van der Waals surface area (Å²) in [5, 5.41) is 3.45. The van der Waals surface area contributed by atoms with E-state index in [0.29, 0.717) is 5.41 Å². The molecule has 0 unspecified atom stereocenters. The molecular formula is C13H19NO. The number of furan rings is 1. The van der Waals surface area contributed by atoms with Gasteiger partial charge in [-0.2, -0.15) is 0 Å². The van der Waals surface area contributed by atoms with Crippen molar-refractivity contribution < 1.29 is 4.42 Å². The average molecular weight is 205 g/mol. The molecule has 3 rings (SSSR count). The summed E-state index contributed by atoms with van der Waals surface area (Å²) < 4.78 is 5.50. The van der Waals surface area contributed by atoms with Crippen LogP contribution in [0.3, 0.4) is 0 Å². The Labute approximate surface area is 91.0 Å². The van der Waals surface area contributed by atoms with Gasteiger partial charge in [0.25, 0.3) is 0 Å². The van der Waals surface area contributed by atoms with Crippen LogP contribution in [-0.2, 0) is 6.42 Å². The highest BCUT2D eigenvalue weighted by Gasteiger charge is 2.45. The van der Waals surface area contributed by atoms with E-state index in [4.69, 9.17) is 4.42 Å². The molecule has 0 atom stereocenters. The van der Waals surface area contributed by atoms with E-state index in [0.717, 1.165) is 12.3 Å². The minimum atomic E-state index is 0.522. The molecule has 0 bridgehead atoms. The summed E-state index contributed by atoms with van der Waals surface area (Å²) >= 11 is 0. The van der Waals surface area contributed by atoms with Crippen LogP contribution < -0.4 is 5.32 Å². The minimum Gasteiger partial charge on any atom is -0.469 e. The van der Waals surface area contributed by atoms with Crippen molar-refractivity contribution in [1.82, 2.24) is 5.32 Å². The van der Waals surface area contributed by atoms with Crippen molar-refractivity contribution in [2.45, 2.75) is 32.1 Å². The highest BCUT2D eigenvalue weighted by molar-refractivity contribution is 5.08. The molecule has 2 fully saturated rings. The van der Waals surface area contributed by atoms with Gasteiger partial charge in [0.2, 0.25) is 0 Å². The van der Waals surface area contributed by atoms with Gasteiger partial charge in [0.1, 0.15) is 5.76 Å². The first-order valence-corrected chi connectivity index (χ1v) is 6.12. The van der Waals surface area contributed by atoms with Crippen molar-refractivity contribution in [2.75, 3.05) is 13.1 Å². The van der Waals surface area contributed by atoms with Crippen LogP contribution in [-0.4, -0.2) is 13.1 Å². The molecule has 0 aromatic carbocycles. The van der Waals surface area contributed by atoms with Gasteiger partial charge in [0.05, 0.1) is 6.26 Å². The summed E-state index contributed by atoms with van der Waals surface area (Å²) in [6.45, 7) is 2.39. The number of hydrogen-bond donors (Lipinski definition) is 1. The third-order valence-corrected chi connectivity index (χ3v) is 4.28. The van der Waals surface area contributed by atoms with Crippen LogP contribution >= 0.6 is 0 Å². The molecule has 1 aromatic rings. The largest absolute Gasteiger partial charge is 0.469 e. The van der Waals surface area contributed by atoms with Crippen molar-refractivity contribution in [3.63, 3.8) is 0 Å². The normalized spacial score (nSPS) is 25.3. The van der Waals surface area contributed by atoms with E-state index >= 15 is 0 Å². The van der Waals surface area contributed by atoms with Gasteiger partial charge in [-0.3, -0.25) is 0 Å². The first kappa shape index (κ1) is 9.46. The molecule has 15 heavy (non-hydrogen) atoms. The second-order valence-electron chi connectivity index (χ2n) is 5.20. The van der Waals surface area contributed by atoms with Crippen molar-refractivity contribution in [3.8, 4) is 0 Å². The lowest BCUT2D eigenvalue weighted by molar-refractivity contribution is 0.0745. The third kappa shape index (κ3) is 1.61. The van der Waals surface area contributed by atoms with E-state index in [1.165, 1.54) is 44.5 Å². The van der Waals surface area contributed by atoms with Gasteiger partial charge in [-0.15, -0.1) is 0 Å². The Balaban J connectivity index is 1.74. The van der Waals surface area contributed by atoms with Gasteiger partial charge in [-0.05, 0) is 30.9 Å². The Bertz CT molecular complexity index is 307. The predicted molar refractivity (Wildman–Crippen MR) is 59.7 cm³/mol. The second-order valence-corrected chi connectivity index (χ2v) is 5.20. The Morgan fingerprint density at radius 3 is 2.67 bits per heavy atom. The van der Waals surface area contributed by atoms with Gasteiger partial charge in [0, 0.05) is 24.9 Å². The zero-order valence-electron chi connectivity index (χ0n) is 9.17. The van der Waals surface area contributed by atoms with Crippen LogP contribution in [0.1, 0.15) is 31.4 Å². The molecular weight excluding hydrogens is 186 g/mol. The lowest BCUT2D eigenvalue weighted by Gasteiger charge is -2.47. The molecule has 2 aliphatic rings. The molecule has 1 aliphatic carbocycles. The van der Waals surface area contributed by atoms with Crippen LogP contribution in [0.15, 0.2) is 22.8 Å². The lowest BCUT2D eigenvalue weighted by atomic mass is 9.67. The summed E-state index contributed by atoms with van der Waals surface area (Å²) in [5.74, 6) is 2.10. The molecule has 1 saturated heterocycles. The van der Waals surface area contributed by atoms with E-state index in [-0.39, 0.29) is 0 Å². The number of hydrogen-bond acceptors (Lipinski definition) is 2. The zero-order valence-corrected chi connectivity index (χ0v) is 9.17. The summed E-state index contributed by atoms with van der Waals surface area (Å²) in [6, 6.07) is 4.12. The second kappa shape index (κ2) is 3.67. The predicted octanol–water partition coefficient (Wildman–Crippen LogP) is 2.60. The fraction of sp³-hybridized carbons (Fsp3) is 0.692. The van der Waals surface area contributed by atoms with Crippen LogP contribution in [0.4, 0.5) is 0 Å². The average Bonchev–Trinajstić information content (AvgIpc) is 2.84. The standard InChI is InChI=1S/C13H19NO/c1-2-5-11(4-1)13(9-14-10-13)8-12-6-3-7-15-12/h3,6-7,11,14H,1-2,4-5,8-10H2. The molecule has 2 nitrogen and oxygen atoms in total. The zero-order chi connectivity index (χ0) is 10.1. The highest BCUT2D eigenvalue weighted by Crippen LogP contribution is 2.44. The van der Waals surface area contributed by atoms with Crippen LogP contribution in [0.2, 0.25) is 0 Å². The maximum absolute atomic E-state index is 5.50. The summed E-state index contributed by atoms with van der Waals surface area (Å²) in [4.78, 5) is 0. The van der Waals surface area contributed by atoms with E-state index in [1.54, 1.807) is 6.26 Å². The molecule has 82 valence electrons. The van der Waals surface area contributed by atoms with Crippen molar-refractivity contribution >= 4 is 0 Å². The van der Waals surface area contributed by atoms with E-state index in [1.807, 2.05) is 6.07 Å². The molecule has 1 N–H and O–H groups in total. The molecule has 2 heteroatoms. The molecule has 1 saturated carbocycles. The molecule has 0 amide bonds. The maximum atomic E-state index is 5.50. The molecule has 2 heterocycles. The first-order valence-electron chi connectivity index (χ1n) is 6.12. The molecule has 0 radical (unpaired) electrons. The van der Waals surface area contributed by atoms with Gasteiger partial charge >= 0.3 is 0 Å². The summed E-state index contributed by atoms with van der Waals surface area (Å²) in [6.07, 6.45) is 8.67. The monoisotopic (exact) mass is 205 g/mol. The van der Waals surface area contributed by atoms with Gasteiger partial charge < -0.3 is 9.73 Å². The minimum absolute atomic E-state index is 0.522. The van der Waals surface area contributed by atoms with Crippen molar-refractivity contribution in [2.24, 2.45) is 11.3 Å². The SMILES string of the molecule is c1coc(CC2(C3CCCC3)CNC2)c1. The van der Waals surface area contributed by atoms with Crippen LogP contribution in [0, 0.1) is 11.3 Å². The Kier molecular flexibility index (Phi) is 2.32. The van der Waals surface area contributed by atoms with Crippen molar-refractivity contribution in [3.05, 3.63) is 24.2 Å². The van der Waals surface area contributed by atoms with Gasteiger partial charge in [-0.1, -0.05) is 12.8 Å². The topological polar surface area (TPSA) is 25.2 Å². The van der Waals surface area contributed by atoms with Crippen molar-refractivity contribution in [1.29, 1.82) is 0 Å². The maximum Gasteiger partial charge on any atom is 0.104 e. The summed E-state index contributed by atoms with van der Waals surface area (Å²) in [5.41, 5.74) is 0.522. The Hall–Kier alpha value is -0.760. The van der Waals surface area contributed by atoms with Crippen LogP contribution in [0.5, 0.6) is 0 Å². The van der Waals surface area contributed by atoms with Crippen LogP contribution in [0.25, 0.3) is 0 Å². The fourth-order valence-corrected chi connectivity index (χ4v) is 3.30. The molecule has 1 aromatic heterocycles. The quantitative estimate of drug-likeness (QED) is 0.820. The highest BCUT2D eigenvalue weighted by atomic mass is 16.3. The summed E-state index contributed by atoms with van der Waals surface area (Å²) in [7, 11) is 0. The van der Waals surface area contributed by atoms with Gasteiger partial charge in [0.15, 0.2) is 0 Å². The first-order chi connectivity index (χ1) is 7.39.